The Morgan fingerprint density at radius 3 is 2.55 bits per heavy atom. The van der Waals surface area contributed by atoms with Gasteiger partial charge in [0.2, 0.25) is 5.82 Å². The Labute approximate surface area is 242 Å². The van der Waals surface area contributed by atoms with Crippen LogP contribution in [0.2, 0.25) is 0 Å². The summed E-state index contributed by atoms with van der Waals surface area (Å²) in [6.45, 7) is 9.22. The van der Waals surface area contributed by atoms with E-state index >= 15 is 4.39 Å². The Kier molecular flexibility index (Phi) is 8.83. The minimum Gasteiger partial charge on any atom is -0.489 e. The molecule has 0 N–H and O–H groups in total. The van der Waals surface area contributed by atoms with Gasteiger partial charge in [-0.1, -0.05) is 0 Å². The summed E-state index contributed by atoms with van der Waals surface area (Å²) < 4.78 is 49.2. The zero-order valence-electron chi connectivity index (χ0n) is 24.8. The lowest BCUT2D eigenvalue weighted by Crippen LogP contribution is -2.34. The van der Waals surface area contributed by atoms with Gasteiger partial charge in [0.1, 0.15) is 11.2 Å². The summed E-state index contributed by atoms with van der Waals surface area (Å²) in [4.78, 5) is 30.7. The molecule has 0 spiro atoms. The molecule has 1 amide bonds. The van der Waals surface area contributed by atoms with E-state index in [0.29, 0.717) is 28.0 Å². The topological polar surface area (TPSA) is 100 Å². The highest BCUT2D eigenvalue weighted by molar-refractivity contribution is 5.89. The third-order valence-electron chi connectivity index (χ3n) is 6.57. The molecule has 4 aromatic rings. The van der Waals surface area contributed by atoms with Gasteiger partial charge in [-0.15, -0.1) is 0 Å². The predicted octanol–water partition coefficient (Wildman–Crippen LogP) is 5.49. The van der Waals surface area contributed by atoms with Crippen molar-refractivity contribution in [3.63, 3.8) is 0 Å². The van der Waals surface area contributed by atoms with Crippen molar-refractivity contribution in [3.8, 4) is 16.9 Å². The van der Waals surface area contributed by atoms with Crippen molar-refractivity contribution in [2.75, 3.05) is 20.3 Å². The fourth-order valence-electron chi connectivity index (χ4n) is 4.43. The zero-order valence-corrected chi connectivity index (χ0v) is 24.8. The van der Waals surface area contributed by atoms with E-state index in [1.54, 1.807) is 82.3 Å². The second-order valence-corrected chi connectivity index (χ2v) is 10.8. The van der Waals surface area contributed by atoms with E-state index in [-0.39, 0.29) is 37.6 Å². The molecular weight excluding hydrogens is 548 g/mol. The third-order valence-corrected chi connectivity index (χ3v) is 6.57. The zero-order chi connectivity index (χ0) is 30.8. The van der Waals surface area contributed by atoms with Crippen LogP contribution in [0.5, 0.6) is 5.75 Å². The molecule has 0 saturated heterocycles. The number of amides is 1. The number of nitrogens with zero attached hydrogens (tertiary/aromatic N) is 5. The van der Waals surface area contributed by atoms with Crippen LogP contribution in [0.25, 0.3) is 16.8 Å². The fourth-order valence-corrected chi connectivity index (χ4v) is 4.43. The molecule has 0 unspecified atom stereocenters. The van der Waals surface area contributed by atoms with Crippen molar-refractivity contribution < 1.29 is 32.6 Å². The first-order valence-corrected chi connectivity index (χ1v) is 13.5. The van der Waals surface area contributed by atoms with Crippen LogP contribution in [0, 0.1) is 18.6 Å². The largest absolute Gasteiger partial charge is 0.489 e. The molecule has 224 valence electrons. The number of aryl methyl sites for hydroxylation is 1. The molecule has 3 aromatic heterocycles. The van der Waals surface area contributed by atoms with Crippen molar-refractivity contribution in [2.24, 2.45) is 7.05 Å². The lowest BCUT2D eigenvalue weighted by molar-refractivity contribution is 0.0282. The molecule has 0 aliphatic heterocycles. The van der Waals surface area contributed by atoms with E-state index in [1.807, 2.05) is 0 Å². The predicted molar refractivity (Wildman–Crippen MR) is 151 cm³/mol. The van der Waals surface area contributed by atoms with E-state index < -0.39 is 29.3 Å². The van der Waals surface area contributed by atoms with Crippen LogP contribution in [0.1, 0.15) is 55.1 Å². The molecular formula is C30H35F2N5O5. The second kappa shape index (κ2) is 12.2. The van der Waals surface area contributed by atoms with Gasteiger partial charge in [0, 0.05) is 49.1 Å². The van der Waals surface area contributed by atoms with Crippen LogP contribution >= 0.6 is 0 Å². The van der Waals surface area contributed by atoms with Crippen molar-refractivity contribution >= 4 is 17.7 Å². The van der Waals surface area contributed by atoms with Crippen LogP contribution in [0.3, 0.4) is 0 Å². The number of hydrogen-bond acceptors (Lipinski definition) is 7. The summed E-state index contributed by atoms with van der Waals surface area (Å²) in [7, 11) is 3.33. The Morgan fingerprint density at radius 1 is 1.12 bits per heavy atom. The molecule has 4 rings (SSSR count). The lowest BCUT2D eigenvalue weighted by Gasteiger charge is -2.24. The summed E-state index contributed by atoms with van der Waals surface area (Å²) in [6.07, 6.45) is 3.09. The van der Waals surface area contributed by atoms with E-state index in [4.69, 9.17) is 14.2 Å². The quantitative estimate of drug-likeness (QED) is 0.240. The van der Waals surface area contributed by atoms with Gasteiger partial charge in [-0.05, 0) is 58.9 Å². The van der Waals surface area contributed by atoms with Gasteiger partial charge >= 0.3 is 12.1 Å². The van der Waals surface area contributed by atoms with E-state index in [0.717, 1.165) is 11.8 Å². The van der Waals surface area contributed by atoms with Gasteiger partial charge in [0.25, 0.3) is 0 Å². The number of benzene rings is 1. The van der Waals surface area contributed by atoms with Gasteiger partial charge in [0.15, 0.2) is 17.3 Å². The van der Waals surface area contributed by atoms with Gasteiger partial charge in [0.05, 0.1) is 31.6 Å². The van der Waals surface area contributed by atoms with Gasteiger partial charge in [-0.2, -0.15) is 9.49 Å². The monoisotopic (exact) mass is 583 g/mol. The summed E-state index contributed by atoms with van der Waals surface area (Å²) in [5, 5.41) is 4.24. The van der Waals surface area contributed by atoms with Gasteiger partial charge < -0.3 is 23.5 Å². The van der Waals surface area contributed by atoms with Crippen molar-refractivity contribution in [1.29, 1.82) is 0 Å². The first kappa shape index (κ1) is 30.5. The maximum absolute atomic E-state index is 15.1. The maximum Gasteiger partial charge on any atom is 0.410 e. The van der Waals surface area contributed by atoms with Crippen LogP contribution in [-0.2, 0) is 29.5 Å². The standard InChI is InChI=1S/C30H35F2N5O5/c1-8-40-28(38)26-21(18(2)36(7)34-26)13-14-41-27-22(10-11-23(31)25(27)32)19-9-12-24-33-15-20(37(24)16-19)17-35(6)29(39)42-30(3,4)5/h9-12,15-16H,8,13-14,17H2,1-7H3. The van der Waals surface area contributed by atoms with E-state index in [9.17, 15) is 14.0 Å². The summed E-state index contributed by atoms with van der Waals surface area (Å²) in [5.41, 5.74) is 3.01. The molecule has 0 bridgehead atoms. The summed E-state index contributed by atoms with van der Waals surface area (Å²) in [6, 6.07) is 5.95. The number of pyridine rings is 1. The lowest BCUT2D eigenvalue weighted by atomic mass is 10.1. The summed E-state index contributed by atoms with van der Waals surface area (Å²) >= 11 is 0. The first-order chi connectivity index (χ1) is 19.8. The number of imidazole rings is 1. The molecule has 0 fully saturated rings. The SMILES string of the molecule is CCOC(=O)c1nn(C)c(C)c1CCOc1c(-c2ccc3ncc(CN(C)C(=O)OC(C)(C)C)n3c2)ccc(F)c1F. The molecule has 10 nitrogen and oxygen atoms in total. The molecule has 0 aliphatic carbocycles. The molecule has 0 atom stereocenters. The Balaban J connectivity index is 1.61. The highest BCUT2D eigenvalue weighted by Gasteiger charge is 2.23. The van der Waals surface area contributed by atoms with Gasteiger partial charge in [-0.3, -0.25) is 4.68 Å². The Hall–Kier alpha value is -4.48. The number of carbonyl (C=O) groups excluding carboxylic acids is 2. The normalized spacial score (nSPS) is 11.5. The highest BCUT2D eigenvalue weighted by Crippen LogP contribution is 2.34. The highest BCUT2D eigenvalue weighted by atomic mass is 19.2. The van der Waals surface area contributed by atoms with E-state index in [2.05, 4.69) is 10.1 Å². The smallest absolute Gasteiger partial charge is 0.410 e. The number of ether oxygens (including phenoxy) is 3. The average molecular weight is 584 g/mol. The molecule has 1 aromatic carbocycles. The first-order valence-electron chi connectivity index (χ1n) is 13.5. The third kappa shape index (κ3) is 6.53. The Bertz CT molecular complexity index is 1620. The second-order valence-electron chi connectivity index (χ2n) is 10.8. The average Bonchev–Trinajstić information content (AvgIpc) is 3.45. The van der Waals surface area contributed by atoms with Gasteiger partial charge in [-0.25, -0.2) is 19.0 Å². The number of halogens is 2. The maximum atomic E-state index is 15.1. The molecule has 42 heavy (non-hydrogen) atoms. The number of rotatable bonds is 9. The number of esters is 1. The van der Waals surface area contributed by atoms with Crippen LogP contribution in [0.15, 0.2) is 36.7 Å². The van der Waals surface area contributed by atoms with E-state index in [1.165, 1.54) is 11.0 Å². The molecule has 0 aliphatic rings. The number of hydrogen-bond donors (Lipinski definition) is 0. The fraction of sp³-hybridized carbons (Fsp3) is 0.400. The minimum atomic E-state index is -1.13. The van der Waals surface area contributed by atoms with Crippen LogP contribution in [0.4, 0.5) is 13.6 Å². The molecule has 3 heterocycles. The van der Waals surface area contributed by atoms with Crippen LogP contribution < -0.4 is 4.74 Å². The molecule has 0 radical (unpaired) electrons. The number of aromatic nitrogens is 4. The van der Waals surface area contributed by atoms with Crippen molar-refractivity contribution in [1.82, 2.24) is 24.1 Å². The van der Waals surface area contributed by atoms with Crippen molar-refractivity contribution in [3.05, 3.63) is 70.9 Å². The molecule has 0 saturated carbocycles. The minimum absolute atomic E-state index is 0.0500. The Morgan fingerprint density at radius 2 is 1.86 bits per heavy atom. The molecule has 12 heteroatoms. The summed E-state index contributed by atoms with van der Waals surface area (Å²) in [5.74, 6) is -3.00. The number of carbonyl (C=O) groups is 2. The number of fused-ring (bicyclic) bond motifs is 1. The van der Waals surface area contributed by atoms with Crippen molar-refractivity contribution in [2.45, 2.75) is 53.2 Å². The van der Waals surface area contributed by atoms with Crippen LogP contribution in [-0.4, -0.2) is 62.0 Å².